The van der Waals surface area contributed by atoms with Gasteiger partial charge in [0.1, 0.15) is 0 Å². The van der Waals surface area contributed by atoms with Crippen LogP contribution >= 0.6 is 11.3 Å². The van der Waals surface area contributed by atoms with Gasteiger partial charge in [-0.05, 0) is 0 Å². The molecule has 1 N–H and O–H groups in total. The molecule has 0 fully saturated rings. The maximum absolute atomic E-state index is 11.9. The van der Waals surface area contributed by atoms with Gasteiger partial charge in [0.25, 0.3) is 5.91 Å². The van der Waals surface area contributed by atoms with E-state index in [1.165, 1.54) is 11.3 Å². The number of aryl methyl sites for hydroxylation is 1. The SMILES string of the molecule is O=C(Nc1nccs1)c1cc2n(n1)CCCO2. The first-order valence-corrected chi connectivity index (χ1v) is 6.12. The maximum atomic E-state index is 11.9. The molecule has 0 saturated carbocycles. The van der Waals surface area contributed by atoms with Crippen molar-refractivity contribution in [3.8, 4) is 5.88 Å². The molecule has 17 heavy (non-hydrogen) atoms. The van der Waals surface area contributed by atoms with Crippen LogP contribution in [0, 0.1) is 0 Å². The lowest BCUT2D eigenvalue weighted by molar-refractivity contribution is 0.102. The minimum Gasteiger partial charge on any atom is -0.478 e. The van der Waals surface area contributed by atoms with Crippen molar-refractivity contribution >= 4 is 22.4 Å². The van der Waals surface area contributed by atoms with Gasteiger partial charge in [0.05, 0.1) is 6.61 Å². The number of aromatic nitrogens is 3. The molecule has 88 valence electrons. The number of fused-ring (bicyclic) bond motifs is 1. The van der Waals surface area contributed by atoms with Crippen molar-refractivity contribution in [2.75, 3.05) is 11.9 Å². The van der Waals surface area contributed by atoms with Gasteiger partial charge in [0.2, 0.25) is 5.88 Å². The number of nitrogens with zero attached hydrogens (tertiary/aromatic N) is 3. The van der Waals surface area contributed by atoms with Crippen molar-refractivity contribution in [2.45, 2.75) is 13.0 Å². The fraction of sp³-hybridized carbons (Fsp3) is 0.300. The molecule has 0 radical (unpaired) electrons. The quantitative estimate of drug-likeness (QED) is 0.874. The molecule has 0 aliphatic carbocycles. The van der Waals surface area contributed by atoms with Crippen LogP contribution in [0.15, 0.2) is 17.6 Å². The summed E-state index contributed by atoms with van der Waals surface area (Å²) in [7, 11) is 0. The number of hydrogen-bond acceptors (Lipinski definition) is 5. The lowest BCUT2D eigenvalue weighted by Crippen LogP contribution is -2.16. The van der Waals surface area contributed by atoms with Gasteiger partial charge in [-0.15, -0.1) is 11.3 Å². The summed E-state index contributed by atoms with van der Waals surface area (Å²) in [5.74, 6) is 0.394. The van der Waals surface area contributed by atoms with Crippen molar-refractivity contribution in [3.05, 3.63) is 23.3 Å². The monoisotopic (exact) mass is 250 g/mol. The zero-order valence-corrected chi connectivity index (χ0v) is 9.74. The molecule has 6 nitrogen and oxygen atoms in total. The van der Waals surface area contributed by atoms with Gasteiger partial charge in [-0.3, -0.25) is 10.1 Å². The van der Waals surface area contributed by atoms with Crippen LogP contribution in [0.1, 0.15) is 16.9 Å². The highest BCUT2D eigenvalue weighted by molar-refractivity contribution is 7.13. The second-order valence-electron chi connectivity index (χ2n) is 3.58. The molecule has 0 unspecified atom stereocenters. The third-order valence-corrected chi connectivity index (χ3v) is 3.08. The Bertz CT molecular complexity index is 511. The Morgan fingerprint density at radius 1 is 1.59 bits per heavy atom. The van der Waals surface area contributed by atoms with Crippen molar-refractivity contribution in [1.82, 2.24) is 14.8 Å². The van der Waals surface area contributed by atoms with E-state index in [-0.39, 0.29) is 5.91 Å². The predicted molar refractivity (Wildman–Crippen MR) is 62.4 cm³/mol. The van der Waals surface area contributed by atoms with E-state index >= 15 is 0 Å². The normalized spacial score (nSPS) is 13.9. The summed E-state index contributed by atoms with van der Waals surface area (Å²) in [5.41, 5.74) is 0.358. The largest absolute Gasteiger partial charge is 0.478 e. The van der Waals surface area contributed by atoms with E-state index in [1.807, 2.05) is 0 Å². The Morgan fingerprint density at radius 2 is 2.53 bits per heavy atom. The first kappa shape index (κ1) is 10.3. The molecule has 7 heteroatoms. The number of anilines is 1. The lowest BCUT2D eigenvalue weighted by atomic mass is 10.4. The summed E-state index contributed by atoms with van der Waals surface area (Å²) in [4.78, 5) is 15.8. The van der Waals surface area contributed by atoms with Crippen LogP contribution in [0.25, 0.3) is 0 Å². The van der Waals surface area contributed by atoms with E-state index < -0.39 is 0 Å². The Labute approximate surface area is 101 Å². The number of ether oxygens (including phenoxy) is 1. The smallest absolute Gasteiger partial charge is 0.278 e. The third-order valence-electron chi connectivity index (χ3n) is 2.39. The standard InChI is InChI=1S/C10H10N4O2S/c15-9(12-10-11-2-5-17-10)7-6-8-14(13-7)3-1-4-16-8/h2,5-6H,1,3-4H2,(H,11,12,15). The second kappa shape index (κ2) is 4.17. The molecule has 0 bridgehead atoms. The van der Waals surface area contributed by atoms with Crippen LogP contribution in [-0.4, -0.2) is 27.3 Å². The highest BCUT2D eigenvalue weighted by Crippen LogP contribution is 2.19. The van der Waals surface area contributed by atoms with Crippen molar-refractivity contribution in [3.63, 3.8) is 0 Å². The number of nitrogens with one attached hydrogen (secondary N) is 1. The Morgan fingerprint density at radius 3 is 3.29 bits per heavy atom. The van der Waals surface area contributed by atoms with E-state index in [2.05, 4.69) is 15.4 Å². The van der Waals surface area contributed by atoms with Crippen LogP contribution in [0.2, 0.25) is 0 Å². The fourth-order valence-corrected chi connectivity index (χ4v) is 2.15. The van der Waals surface area contributed by atoms with Crippen LogP contribution < -0.4 is 10.1 Å². The number of thiazole rings is 1. The highest BCUT2D eigenvalue weighted by atomic mass is 32.1. The topological polar surface area (TPSA) is 69.0 Å². The summed E-state index contributed by atoms with van der Waals surface area (Å²) in [6.45, 7) is 1.47. The minimum absolute atomic E-state index is 0.259. The first-order chi connectivity index (χ1) is 8.33. The van der Waals surface area contributed by atoms with Crippen LogP contribution in [-0.2, 0) is 6.54 Å². The van der Waals surface area contributed by atoms with Gasteiger partial charge >= 0.3 is 0 Å². The van der Waals surface area contributed by atoms with Crippen LogP contribution in [0.3, 0.4) is 0 Å². The first-order valence-electron chi connectivity index (χ1n) is 5.24. The second-order valence-corrected chi connectivity index (χ2v) is 4.48. The van der Waals surface area contributed by atoms with E-state index in [9.17, 15) is 4.79 Å². The van der Waals surface area contributed by atoms with Gasteiger partial charge in [-0.25, -0.2) is 9.67 Å². The Balaban J connectivity index is 1.79. The van der Waals surface area contributed by atoms with E-state index in [1.54, 1.807) is 22.3 Å². The van der Waals surface area contributed by atoms with Crippen molar-refractivity contribution < 1.29 is 9.53 Å². The van der Waals surface area contributed by atoms with Crippen LogP contribution in [0.5, 0.6) is 5.88 Å². The molecule has 1 amide bonds. The van der Waals surface area contributed by atoms with E-state index in [4.69, 9.17) is 4.74 Å². The molecule has 0 aromatic carbocycles. The van der Waals surface area contributed by atoms with Gasteiger partial charge in [-0.1, -0.05) is 0 Å². The molecule has 1 aliphatic rings. The van der Waals surface area contributed by atoms with Gasteiger partial charge in [-0.2, -0.15) is 5.10 Å². The molecule has 0 saturated heterocycles. The summed E-state index contributed by atoms with van der Waals surface area (Å²) in [6, 6.07) is 1.65. The molecular formula is C10H10N4O2S. The molecular weight excluding hydrogens is 240 g/mol. The highest BCUT2D eigenvalue weighted by Gasteiger charge is 2.18. The number of rotatable bonds is 2. The van der Waals surface area contributed by atoms with Gasteiger partial charge in [0.15, 0.2) is 10.8 Å². The van der Waals surface area contributed by atoms with E-state index in [0.717, 1.165) is 13.0 Å². The third kappa shape index (κ3) is 2.01. The van der Waals surface area contributed by atoms with Gasteiger partial charge < -0.3 is 4.74 Å². The summed E-state index contributed by atoms with van der Waals surface area (Å²) >= 11 is 1.37. The number of carbonyl (C=O) groups is 1. The Kier molecular flexibility index (Phi) is 2.52. The van der Waals surface area contributed by atoms with Crippen LogP contribution in [0.4, 0.5) is 5.13 Å². The average Bonchev–Trinajstić information content (AvgIpc) is 2.96. The number of amides is 1. The molecule has 3 rings (SSSR count). The molecule has 3 heterocycles. The van der Waals surface area contributed by atoms with Gasteiger partial charge in [0, 0.05) is 30.6 Å². The lowest BCUT2D eigenvalue weighted by Gasteiger charge is -2.13. The maximum Gasteiger partial charge on any atom is 0.278 e. The summed E-state index contributed by atoms with van der Waals surface area (Å²) in [6.07, 6.45) is 2.56. The van der Waals surface area contributed by atoms with Crippen molar-refractivity contribution in [2.24, 2.45) is 0 Å². The zero-order chi connectivity index (χ0) is 11.7. The molecule has 2 aromatic rings. The summed E-state index contributed by atoms with van der Waals surface area (Å²) < 4.78 is 7.11. The molecule has 2 aromatic heterocycles. The fourth-order valence-electron chi connectivity index (χ4n) is 1.62. The van der Waals surface area contributed by atoms with Crippen molar-refractivity contribution in [1.29, 1.82) is 0 Å². The Hall–Kier alpha value is -1.89. The number of hydrogen-bond donors (Lipinski definition) is 1. The molecule has 0 atom stereocenters. The zero-order valence-electron chi connectivity index (χ0n) is 8.92. The predicted octanol–water partition coefficient (Wildman–Crippen LogP) is 1.37. The summed E-state index contributed by atoms with van der Waals surface area (Å²) in [5, 5.41) is 9.25. The van der Waals surface area contributed by atoms with E-state index in [0.29, 0.717) is 23.3 Å². The molecule has 1 aliphatic heterocycles. The average molecular weight is 250 g/mol. The molecule has 0 spiro atoms. The minimum atomic E-state index is -0.259. The number of carbonyl (C=O) groups excluding carboxylic acids is 1.